The smallest absolute Gasteiger partial charge is 0.206 e. The third-order valence-electron chi connectivity index (χ3n) is 2.57. The maximum Gasteiger partial charge on any atom is 0.206 e. The van der Waals surface area contributed by atoms with Crippen molar-refractivity contribution in [2.75, 3.05) is 0 Å². The fourth-order valence-electron chi connectivity index (χ4n) is 1.54. The molecule has 0 aliphatic rings. The van der Waals surface area contributed by atoms with Gasteiger partial charge in [0.05, 0.1) is 9.79 Å². The summed E-state index contributed by atoms with van der Waals surface area (Å²) in [6, 6.07) is 11.9. The van der Waals surface area contributed by atoms with Crippen LogP contribution in [-0.2, 0) is 9.84 Å². The predicted molar refractivity (Wildman–Crippen MR) is 70.1 cm³/mol. The van der Waals surface area contributed by atoms with Gasteiger partial charge in [-0.05, 0) is 42.0 Å². The molecule has 0 radical (unpaired) electrons. The summed E-state index contributed by atoms with van der Waals surface area (Å²) in [4.78, 5) is 0.380. The first-order chi connectivity index (χ1) is 8.54. The van der Waals surface area contributed by atoms with E-state index in [2.05, 4.69) is 6.58 Å². The summed E-state index contributed by atoms with van der Waals surface area (Å²) < 4.78 is 24.5. The third-order valence-corrected chi connectivity index (χ3v) is 4.36. The molecular formula is C14H12O3S. The molecule has 3 nitrogen and oxygen atoms in total. The molecule has 0 bridgehead atoms. The minimum atomic E-state index is -3.53. The number of sulfone groups is 1. The summed E-state index contributed by atoms with van der Waals surface area (Å²) in [6.45, 7) is 3.61. The van der Waals surface area contributed by atoms with Gasteiger partial charge >= 0.3 is 0 Å². The SMILES string of the molecule is C=Cc1ccc(S(=O)(=O)c2ccc(O)cc2)cc1. The number of benzene rings is 2. The first kappa shape index (κ1) is 12.4. The number of rotatable bonds is 3. The van der Waals surface area contributed by atoms with Gasteiger partial charge in [0.2, 0.25) is 9.84 Å². The fourth-order valence-corrected chi connectivity index (χ4v) is 2.81. The molecule has 0 saturated heterocycles. The van der Waals surface area contributed by atoms with E-state index in [-0.39, 0.29) is 15.5 Å². The zero-order valence-corrected chi connectivity index (χ0v) is 10.4. The van der Waals surface area contributed by atoms with E-state index in [1.165, 1.54) is 24.3 Å². The van der Waals surface area contributed by atoms with E-state index in [1.807, 2.05) is 0 Å². The molecule has 0 heterocycles. The van der Waals surface area contributed by atoms with Gasteiger partial charge in [0, 0.05) is 0 Å². The van der Waals surface area contributed by atoms with Gasteiger partial charge in [-0.2, -0.15) is 0 Å². The van der Waals surface area contributed by atoms with Crippen LogP contribution in [-0.4, -0.2) is 13.5 Å². The summed E-state index contributed by atoms with van der Waals surface area (Å²) in [5, 5.41) is 9.16. The van der Waals surface area contributed by atoms with Gasteiger partial charge < -0.3 is 5.11 Å². The van der Waals surface area contributed by atoms with E-state index >= 15 is 0 Å². The van der Waals surface area contributed by atoms with E-state index in [0.29, 0.717) is 0 Å². The van der Waals surface area contributed by atoms with Gasteiger partial charge in [0.15, 0.2) is 0 Å². The van der Waals surface area contributed by atoms with Crippen LogP contribution >= 0.6 is 0 Å². The molecule has 0 aromatic heterocycles. The van der Waals surface area contributed by atoms with E-state index in [1.54, 1.807) is 30.3 Å². The molecule has 2 aromatic carbocycles. The Morgan fingerprint density at radius 1 is 0.889 bits per heavy atom. The van der Waals surface area contributed by atoms with Crippen molar-refractivity contribution in [3.63, 3.8) is 0 Å². The molecule has 0 amide bonds. The van der Waals surface area contributed by atoms with Gasteiger partial charge in [-0.15, -0.1) is 0 Å². The number of phenols is 1. The van der Waals surface area contributed by atoms with Gasteiger partial charge in [0.25, 0.3) is 0 Å². The standard InChI is InChI=1S/C14H12O3S/c1-2-11-3-7-13(8-4-11)18(16,17)14-9-5-12(15)6-10-14/h2-10,15H,1H2. The Balaban J connectivity index is 2.47. The van der Waals surface area contributed by atoms with Crippen molar-refractivity contribution in [2.45, 2.75) is 9.79 Å². The van der Waals surface area contributed by atoms with Crippen LogP contribution in [0.2, 0.25) is 0 Å². The Morgan fingerprint density at radius 3 is 1.78 bits per heavy atom. The number of hydrogen-bond acceptors (Lipinski definition) is 3. The number of phenolic OH excluding ortho intramolecular Hbond substituents is 1. The zero-order chi connectivity index (χ0) is 13.2. The van der Waals surface area contributed by atoms with Crippen molar-refractivity contribution in [3.8, 4) is 5.75 Å². The monoisotopic (exact) mass is 260 g/mol. The Labute approximate surface area is 106 Å². The second-order valence-electron chi connectivity index (χ2n) is 3.77. The van der Waals surface area contributed by atoms with Crippen LogP contribution < -0.4 is 0 Å². The molecule has 4 heteroatoms. The molecule has 0 atom stereocenters. The van der Waals surface area contributed by atoms with Gasteiger partial charge in [-0.25, -0.2) is 8.42 Å². The van der Waals surface area contributed by atoms with Crippen LogP contribution in [0.5, 0.6) is 5.75 Å². The van der Waals surface area contributed by atoms with E-state index in [0.717, 1.165) is 5.56 Å². The highest BCUT2D eigenvalue weighted by atomic mass is 32.2. The van der Waals surface area contributed by atoms with Crippen molar-refractivity contribution < 1.29 is 13.5 Å². The first-order valence-electron chi connectivity index (χ1n) is 5.30. The fraction of sp³-hybridized carbons (Fsp3) is 0. The Kier molecular flexibility index (Phi) is 3.21. The molecule has 0 aliphatic heterocycles. The van der Waals surface area contributed by atoms with Crippen molar-refractivity contribution in [2.24, 2.45) is 0 Å². The largest absolute Gasteiger partial charge is 0.508 e. The Morgan fingerprint density at radius 2 is 1.33 bits per heavy atom. The lowest BCUT2D eigenvalue weighted by molar-refractivity contribution is 0.475. The highest BCUT2D eigenvalue weighted by Crippen LogP contribution is 2.23. The second-order valence-corrected chi connectivity index (χ2v) is 5.72. The van der Waals surface area contributed by atoms with Crippen LogP contribution in [0.25, 0.3) is 6.08 Å². The summed E-state index contributed by atoms with van der Waals surface area (Å²) in [6.07, 6.45) is 1.65. The second kappa shape index (κ2) is 4.66. The Bertz CT molecular complexity index is 653. The Hall–Kier alpha value is -2.07. The molecule has 1 N–H and O–H groups in total. The lowest BCUT2D eigenvalue weighted by Gasteiger charge is -2.05. The maximum absolute atomic E-state index is 12.2. The van der Waals surface area contributed by atoms with Gasteiger partial charge in [0.1, 0.15) is 5.75 Å². The topological polar surface area (TPSA) is 54.4 Å². The van der Waals surface area contributed by atoms with Gasteiger partial charge in [-0.1, -0.05) is 24.8 Å². The molecular weight excluding hydrogens is 248 g/mol. The predicted octanol–water partition coefficient (Wildman–Crippen LogP) is 2.87. The summed E-state index contributed by atoms with van der Waals surface area (Å²) in [5.74, 6) is 0.0379. The highest BCUT2D eigenvalue weighted by Gasteiger charge is 2.16. The molecule has 0 spiro atoms. The average Bonchev–Trinajstić information content (AvgIpc) is 2.39. The van der Waals surface area contributed by atoms with Crippen LogP contribution in [0.3, 0.4) is 0 Å². The van der Waals surface area contributed by atoms with Crippen molar-refractivity contribution >= 4 is 15.9 Å². The quantitative estimate of drug-likeness (QED) is 0.923. The van der Waals surface area contributed by atoms with Crippen LogP contribution in [0.1, 0.15) is 5.56 Å². The summed E-state index contributed by atoms with van der Waals surface area (Å²) in [7, 11) is -3.53. The zero-order valence-electron chi connectivity index (χ0n) is 9.58. The average molecular weight is 260 g/mol. The molecule has 92 valence electrons. The van der Waals surface area contributed by atoms with Crippen LogP contribution in [0, 0.1) is 0 Å². The van der Waals surface area contributed by atoms with E-state index in [4.69, 9.17) is 5.11 Å². The molecule has 18 heavy (non-hydrogen) atoms. The van der Waals surface area contributed by atoms with Crippen molar-refractivity contribution in [3.05, 3.63) is 60.7 Å². The summed E-state index contributed by atoms with van der Waals surface area (Å²) in [5.41, 5.74) is 0.861. The molecule has 0 aliphatic carbocycles. The third kappa shape index (κ3) is 2.28. The van der Waals surface area contributed by atoms with Crippen molar-refractivity contribution in [1.82, 2.24) is 0 Å². The minimum absolute atomic E-state index is 0.0379. The molecule has 2 rings (SSSR count). The minimum Gasteiger partial charge on any atom is -0.508 e. The van der Waals surface area contributed by atoms with E-state index < -0.39 is 9.84 Å². The van der Waals surface area contributed by atoms with Crippen LogP contribution in [0.15, 0.2) is 64.9 Å². The highest BCUT2D eigenvalue weighted by molar-refractivity contribution is 7.91. The molecule has 2 aromatic rings. The lowest BCUT2D eigenvalue weighted by Crippen LogP contribution is -2.01. The normalized spacial score (nSPS) is 11.1. The van der Waals surface area contributed by atoms with Crippen molar-refractivity contribution in [1.29, 1.82) is 0 Å². The molecule has 0 saturated carbocycles. The molecule has 0 fully saturated rings. The molecule has 0 unspecified atom stereocenters. The first-order valence-corrected chi connectivity index (χ1v) is 6.79. The summed E-state index contributed by atoms with van der Waals surface area (Å²) >= 11 is 0. The maximum atomic E-state index is 12.2. The number of aromatic hydroxyl groups is 1. The van der Waals surface area contributed by atoms with Gasteiger partial charge in [-0.3, -0.25) is 0 Å². The lowest BCUT2D eigenvalue weighted by atomic mass is 10.2. The van der Waals surface area contributed by atoms with Crippen LogP contribution in [0.4, 0.5) is 0 Å². The number of hydrogen-bond donors (Lipinski definition) is 1. The van der Waals surface area contributed by atoms with E-state index in [9.17, 15) is 8.42 Å².